The molecule has 98 valence electrons. The maximum absolute atomic E-state index is 5.96. The molecule has 5 nitrogen and oxygen atoms in total. The van der Waals surface area contributed by atoms with Crippen molar-refractivity contribution in [2.45, 2.75) is 12.4 Å². The van der Waals surface area contributed by atoms with Crippen LogP contribution in [0.1, 0.15) is 11.6 Å². The zero-order valence-corrected chi connectivity index (χ0v) is 11.1. The second kappa shape index (κ2) is 4.93. The van der Waals surface area contributed by atoms with E-state index in [1.165, 1.54) is 0 Å². The van der Waals surface area contributed by atoms with Crippen molar-refractivity contribution in [1.82, 2.24) is 14.7 Å². The van der Waals surface area contributed by atoms with Crippen LogP contribution in [0, 0.1) is 0 Å². The summed E-state index contributed by atoms with van der Waals surface area (Å²) in [6.45, 7) is 0.560. The van der Waals surface area contributed by atoms with Gasteiger partial charge in [-0.3, -0.25) is 0 Å². The number of hydrogen-bond acceptors (Lipinski definition) is 4. The molecule has 6 heteroatoms. The molecule has 3 rings (SSSR count). The van der Waals surface area contributed by atoms with E-state index in [1.807, 2.05) is 28.8 Å². The van der Waals surface area contributed by atoms with E-state index in [-0.39, 0.29) is 0 Å². The van der Waals surface area contributed by atoms with Gasteiger partial charge < -0.3 is 13.8 Å². The number of alkyl halides is 1. The summed E-state index contributed by atoms with van der Waals surface area (Å²) in [6, 6.07) is 7.59. The Balaban J connectivity index is 2.10. The predicted octanol–water partition coefficient (Wildman–Crippen LogP) is 2.82. The van der Waals surface area contributed by atoms with Crippen molar-refractivity contribution in [2.24, 2.45) is 0 Å². The third-order valence-electron chi connectivity index (χ3n) is 2.96. The predicted molar refractivity (Wildman–Crippen MR) is 71.4 cm³/mol. The lowest BCUT2D eigenvalue weighted by molar-refractivity contribution is 0.376. The standard InChI is InChI=1S/C13H12ClN3O2/c1-18-9-2-3-12-11(6-9)16-13(7-14)17(12)8-10-4-5-15-19-10/h2-6H,7-8H2,1H3. The molecule has 0 radical (unpaired) electrons. The third kappa shape index (κ3) is 2.17. The van der Waals surface area contributed by atoms with Crippen LogP contribution in [-0.2, 0) is 12.4 Å². The van der Waals surface area contributed by atoms with Crippen LogP contribution in [0.15, 0.2) is 35.0 Å². The van der Waals surface area contributed by atoms with Gasteiger partial charge in [0, 0.05) is 12.1 Å². The van der Waals surface area contributed by atoms with Gasteiger partial charge in [-0.2, -0.15) is 0 Å². The summed E-state index contributed by atoms with van der Waals surface area (Å²) in [5.74, 6) is 2.67. The Morgan fingerprint density at radius 3 is 2.95 bits per heavy atom. The van der Waals surface area contributed by atoms with Gasteiger partial charge in [-0.15, -0.1) is 11.6 Å². The summed E-state index contributed by atoms with van der Waals surface area (Å²) in [4.78, 5) is 4.51. The molecule has 0 fully saturated rings. The van der Waals surface area contributed by atoms with Gasteiger partial charge in [0.25, 0.3) is 0 Å². The molecule has 3 aromatic rings. The van der Waals surface area contributed by atoms with Crippen molar-refractivity contribution >= 4 is 22.6 Å². The molecular weight excluding hydrogens is 266 g/mol. The number of hydrogen-bond donors (Lipinski definition) is 0. The van der Waals surface area contributed by atoms with E-state index >= 15 is 0 Å². The van der Waals surface area contributed by atoms with Gasteiger partial charge in [-0.25, -0.2) is 4.98 Å². The molecule has 0 spiro atoms. The van der Waals surface area contributed by atoms with Gasteiger partial charge in [0.05, 0.1) is 36.8 Å². The fourth-order valence-corrected chi connectivity index (χ4v) is 2.25. The van der Waals surface area contributed by atoms with Crippen LogP contribution in [0.5, 0.6) is 5.75 Å². The Morgan fingerprint density at radius 1 is 1.37 bits per heavy atom. The quantitative estimate of drug-likeness (QED) is 0.688. The molecule has 1 aromatic carbocycles. The van der Waals surface area contributed by atoms with E-state index in [4.69, 9.17) is 20.9 Å². The lowest BCUT2D eigenvalue weighted by Gasteiger charge is -2.05. The number of fused-ring (bicyclic) bond motifs is 1. The van der Waals surface area contributed by atoms with Crippen molar-refractivity contribution in [3.05, 3.63) is 42.0 Å². The summed E-state index contributed by atoms with van der Waals surface area (Å²) in [6.07, 6.45) is 1.62. The summed E-state index contributed by atoms with van der Waals surface area (Å²) < 4.78 is 12.4. The van der Waals surface area contributed by atoms with Crippen molar-refractivity contribution in [3.8, 4) is 5.75 Å². The van der Waals surface area contributed by atoms with Gasteiger partial charge in [0.15, 0.2) is 5.76 Å². The smallest absolute Gasteiger partial charge is 0.156 e. The maximum Gasteiger partial charge on any atom is 0.156 e. The van der Waals surface area contributed by atoms with E-state index < -0.39 is 0 Å². The van der Waals surface area contributed by atoms with Gasteiger partial charge in [-0.1, -0.05) is 5.16 Å². The Morgan fingerprint density at radius 2 is 2.26 bits per heavy atom. The highest BCUT2D eigenvalue weighted by molar-refractivity contribution is 6.16. The molecule has 0 amide bonds. The first-order chi connectivity index (χ1) is 9.31. The van der Waals surface area contributed by atoms with Gasteiger partial charge in [0.2, 0.25) is 0 Å². The molecule has 0 saturated heterocycles. The number of halogens is 1. The molecule has 2 aromatic heterocycles. The lowest BCUT2D eigenvalue weighted by Crippen LogP contribution is -2.02. The molecule has 0 unspecified atom stereocenters. The van der Waals surface area contributed by atoms with E-state index in [0.29, 0.717) is 12.4 Å². The highest BCUT2D eigenvalue weighted by atomic mass is 35.5. The van der Waals surface area contributed by atoms with Gasteiger partial charge in [0.1, 0.15) is 11.6 Å². The molecule has 0 saturated carbocycles. The number of ether oxygens (including phenoxy) is 1. The highest BCUT2D eigenvalue weighted by Gasteiger charge is 2.12. The number of rotatable bonds is 4. The van der Waals surface area contributed by atoms with Gasteiger partial charge >= 0.3 is 0 Å². The molecule has 19 heavy (non-hydrogen) atoms. The van der Waals surface area contributed by atoms with E-state index in [2.05, 4.69) is 10.1 Å². The summed E-state index contributed by atoms with van der Waals surface area (Å²) in [7, 11) is 1.63. The van der Waals surface area contributed by atoms with E-state index in [0.717, 1.165) is 28.4 Å². The molecule has 0 bridgehead atoms. The molecule has 0 aliphatic rings. The zero-order valence-electron chi connectivity index (χ0n) is 10.3. The normalized spacial score (nSPS) is 11.1. The van der Waals surface area contributed by atoms with Crippen molar-refractivity contribution in [2.75, 3.05) is 7.11 Å². The minimum Gasteiger partial charge on any atom is -0.497 e. The fraction of sp³-hybridized carbons (Fsp3) is 0.231. The SMILES string of the molecule is COc1ccc2c(c1)nc(CCl)n2Cc1ccno1. The average molecular weight is 278 g/mol. The third-order valence-corrected chi connectivity index (χ3v) is 3.20. The fourth-order valence-electron chi connectivity index (χ4n) is 2.04. The summed E-state index contributed by atoms with van der Waals surface area (Å²) >= 11 is 5.96. The number of benzene rings is 1. The molecule has 0 atom stereocenters. The maximum atomic E-state index is 5.96. The first-order valence-corrected chi connectivity index (χ1v) is 6.34. The largest absolute Gasteiger partial charge is 0.497 e. The topological polar surface area (TPSA) is 53.1 Å². The Hall–Kier alpha value is -2.01. The van der Waals surface area contributed by atoms with E-state index in [9.17, 15) is 0 Å². The second-order valence-corrected chi connectivity index (χ2v) is 4.35. The van der Waals surface area contributed by atoms with Crippen LogP contribution in [0.2, 0.25) is 0 Å². The summed E-state index contributed by atoms with van der Waals surface area (Å²) in [5.41, 5.74) is 1.85. The van der Waals surface area contributed by atoms with Crippen LogP contribution in [-0.4, -0.2) is 21.8 Å². The minimum absolute atomic E-state index is 0.338. The molecule has 0 N–H and O–H groups in total. The average Bonchev–Trinajstić information content (AvgIpc) is 3.06. The Labute approximate surface area is 114 Å². The number of imidazole rings is 1. The number of methoxy groups -OCH3 is 1. The lowest BCUT2D eigenvalue weighted by atomic mass is 10.3. The number of aromatic nitrogens is 3. The van der Waals surface area contributed by atoms with Crippen molar-refractivity contribution < 1.29 is 9.26 Å². The van der Waals surface area contributed by atoms with Gasteiger partial charge in [-0.05, 0) is 12.1 Å². The molecule has 0 aliphatic carbocycles. The second-order valence-electron chi connectivity index (χ2n) is 4.08. The van der Waals surface area contributed by atoms with Crippen molar-refractivity contribution in [3.63, 3.8) is 0 Å². The monoisotopic (exact) mass is 277 g/mol. The van der Waals surface area contributed by atoms with Crippen LogP contribution in [0.3, 0.4) is 0 Å². The molecular formula is C13H12ClN3O2. The molecule has 0 aliphatic heterocycles. The van der Waals surface area contributed by atoms with Crippen LogP contribution in [0.4, 0.5) is 0 Å². The van der Waals surface area contributed by atoms with E-state index in [1.54, 1.807) is 13.3 Å². The Kier molecular flexibility index (Phi) is 3.13. The minimum atomic E-state index is 0.338. The molecule has 2 heterocycles. The Bertz CT molecular complexity index is 691. The highest BCUT2D eigenvalue weighted by Crippen LogP contribution is 2.23. The first-order valence-electron chi connectivity index (χ1n) is 5.80. The van der Waals surface area contributed by atoms with Crippen LogP contribution >= 0.6 is 11.6 Å². The van der Waals surface area contributed by atoms with Crippen molar-refractivity contribution in [1.29, 1.82) is 0 Å². The van der Waals surface area contributed by atoms with Crippen LogP contribution < -0.4 is 4.74 Å². The number of nitrogens with zero attached hydrogens (tertiary/aromatic N) is 3. The van der Waals surface area contributed by atoms with Crippen LogP contribution in [0.25, 0.3) is 11.0 Å². The zero-order chi connectivity index (χ0) is 13.2. The summed E-state index contributed by atoms with van der Waals surface area (Å²) in [5, 5.41) is 3.70. The first kappa shape index (κ1) is 12.0.